The number of ether oxygens (including phenoxy) is 1. The van der Waals surface area contributed by atoms with E-state index in [4.69, 9.17) is 4.74 Å². The van der Waals surface area contributed by atoms with Gasteiger partial charge in [0.05, 0.1) is 18.6 Å². The maximum Gasteiger partial charge on any atom is 0.315 e. The Morgan fingerprint density at radius 2 is 2.43 bits per heavy atom. The molecule has 8 heteroatoms. The van der Waals surface area contributed by atoms with Gasteiger partial charge in [0.15, 0.2) is 0 Å². The predicted octanol–water partition coefficient (Wildman–Crippen LogP) is 0.836. The molecule has 2 N–H and O–H groups in total. The number of carbonyl (C=O) groups is 1. The first-order valence-corrected chi connectivity index (χ1v) is 7.82. The Morgan fingerprint density at radius 3 is 3.17 bits per heavy atom. The quantitative estimate of drug-likeness (QED) is 0.855. The van der Waals surface area contributed by atoms with Crippen molar-refractivity contribution < 1.29 is 9.53 Å². The van der Waals surface area contributed by atoms with E-state index in [0.717, 1.165) is 18.4 Å². The van der Waals surface area contributed by atoms with Gasteiger partial charge in [-0.2, -0.15) is 5.10 Å². The number of urea groups is 1. The van der Waals surface area contributed by atoms with Crippen LogP contribution in [0.4, 0.5) is 4.79 Å². The Morgan fingerprint density at radius 1 is 1.52 bits per heavy atom. The van der Waals surface area contributed by atoms with Gasteiger partial charge in [0.1, 0.15) is 6.10 Å². The number of nitrogens with one attached hydrogen (secondary N) is 2. The van der Waals surface area contributed by atoms with Crippen molar-refractivity contribution in [2.24, 2.45) is 7.05 Å². The molecule has 0 bridgehead atoms. The smallest absolute Gasteiger partial charge is 0.315 e. The van der Waals surface area contributed by atoms with Crippen LogP contribution < -0.4 is 10.6 Å². The topological polar surface area (TPSA) is 86.0 Å². The maximum atomic E-state index is 12.1. The van der Waals surface area contributed by atoms with Crippen LogP contribution in [0.1, 0.15) is 24.5 Å². The predicted molar refractivity (Wildman–Crippen MR) is 83.7 cm³/mol. The number of amides is 2. The monoisotopic (exact) mass is 318 g/mol. The number of hydrogen-bond donors (Lipinski definition) is 2. The van der Waals surface area contributed by atoms with Crippen LogP contribution in [-0.2, 0) is 18.3 Å². The summed E-state index contributed by atoms with van der Waals surface area (Å²) in [5.41, 5.74) is 0.996. The van der Waals surface area contributed by atoms with Crippen molar-refractivity contribution in [2.45, 2.75) is 31.5 Å². The molecule has 3 heterocycles. The third kappa shape index (κ3) is 4.10. The number of nitrogens with zero attached hydrogens (tertiary/aromatic N) is 4. The van der Waals surface area contributed by atoms with E-state index in [0.29, 0.717) is 19.7 Å². The number of rotatable bonds is 5. The van der Waals surface area contributed by atoms with Gasteiger partial charge < -0.3 is 19.9 Å². The first-order chi connectivity index (χ1) is 11.2. The van der Waals surface area contributed by atoms with Gasteiger partial charge in [-0.3, -0.25) is 4.68 Å². The average Bonchev–Trinajstić information content (AvgIpc) is 3.19. The molecule has 2 amide bonds. The Labute approximate surface area is 134 Å². The van der Waals surface area contributed by atoms with Crippen LogP contribution in [-0.4, -0.2) is 44.6 Å². The van der Waals surface area contributed by atoms with Gasteiger partial charge in [-0.25, -0.2) is 9.78 Å². The number of aryl methyl sites for hydroxylation is 1. The fourth-order valence-electron chi connectivity index (χ4n) is 2.78. The van der Waals surface area contributed by atoms with Crippen LogP contribution in [0.5, 0.6) is 0 Å². The van der Waals surface area contributed by atoms with E-state index in [1.807, 2.05) is 24.0 Å². The lowest BCUT2D eigenvalue weighted by atomic mass is 9.98. The molecule has 1 saturated heterocycles. The number of aromatic nitrogens is 4. The molecular formula is C15H22N6O2. The van der Waals surface area contributed by atoms with Crippen LogP contribution in [0.25, 0.3) is 0 Å². The molecule has 1 aliphatic rings. The minimum absolute atomic E-state index is 0.0406. The van der Waals surface area contributed by atoms with Gasteiger partial charge in [0.2, 0.25) is 0 Å². The Kier molecular flexibility index (Phi) is 4.92. The summed E-state index contributed by atoms with van der Waals surface area (Å²) < 4.78 is 9.51. The van der Waals surface area contributed by atoms with Gasteiger partial charge in [0, 0.05) is 50.9 Å². The van der Waals surface area contributed by atoms with Gasteiger partial charge >= 0.3 is 6.03 Å². The minimum atomic E-state index is -0.172. The van der Waals surface area contributed by atoms with Crippen LogP contribution >= 0.6 is 0 Å². The van der Waals surface area contributed by atoms with E-state index in [1.165, 1.54) is 0 Å². The summed E-state index contributed by atoms with van der Waals surface area (Å²) in [4.78, 5) is 16.1. The number of carbonyl (C=O) groups excluding carboxylic acids is 1. The van der Waals surface area contributed by atoms with Gasteiger partial charge in [-0.1, -0.05) is 0 Å². The summed E-state index contributed by atoms with van der Waals surface area (Å²) >= 11 is 0. The average molecular weight is 318 g/mol. The molecule has 0 saturated carbocycles. The van der Waals surface area contributed by atoms with Crippen molar-refractivity contribution in [3.63, 3.8) is 0 Å². The van der Waals surface area contributed by atoms with Crippen molar-refractivity contribution in [2.75, 3.05) is 13.2 Å². The van der Waals surface area contributed by atoms with Gasteiger partial charge in [-0.15, -0.1) is 0 Å². The SMILES string of the molecule is Cn1cc([C@H]2OCCC[C@@H]2NC(=O)NCCn2ccnc2)cn1. The zero-order valence-corrected chi connectivity index (χ0v) is 13.2. The molecule has 0 aliphatic carbocycles. The molecule has 0 radical (unpaired) electrons. The van der Waals surface area contributed by atoms with Crippen molar-refractivity contribution in [3.8, 4) is 0 Å². The maximum absolute atomic E-state index is 12.1. The van der Waals surface area contributed by atoms with Crippen LogP contribution in [0, 0.1) is 0 Å². The summed E-state index contributed by atoms with van der Waals surface area (Å²) in [6, 6.07) is -0.212. The Bertz CT molecular complexity index is 624. The van der Waals surface area contributed by atoms with E-state index in [1.54, 1.807) is 23.4 Å². The summed E-state index contributed by atoms with van der Waals surface area (Å²) in [5.74, 6) is 0. The number of imidazole rings is 1. The van der Waals surface area contributed by atoms with E-state index < -0.39 is 0 Å². The van der Waals surface area contributed by atoms with Crippen molar-refractivity contribution >= 4 is 6.03 Å². The molecule has 1 fully saturated rings. The molecular weight excluding hydrogens is 296 g/mol. The Hall–Kier alpha value is -2.35. The zero-order chi connectivity index (χ0) is 16.1. The second-order valence-electron chi connectivity index (χ2n) is 5.69. The standard InChI is InChI=1S/C15H22N6O2/c1-20-10-12(9-18-20)14-13(3-2-8-23-14)19-15(22)17-5-7-21-6-4-16-11-21/h4,6,9-11,13-14H,2-3,5,7-8H2,1H3,(H2,17,19,22)/t13-,14+/m0/s1. The highest BCUT2D eigenvalue weighted by Crippen LogP contribution is 2.27. The fourth-order valence-corrected chi connectivity index (χ4v) is 2.78. The first-order valence-electron chi connectivity index (χ1n) is 7.82. The van der Waals surface area contributed by atoms with E-state index >= 15 is 0 Å². The lowest BCUT2D eigenvalue weighted by Gasteiger charge is -2.31. The van der Waals surface area contributed by atoms with E-state index in [9.17, 15) is 4.79 Å². The fraction of sp³-hybridized carbons (Fsp3) is 0.533. The molecule has 23 heavy (non-hydrogen) atoms. The third-order valence-electron chi connectivity index (χ3n) is 3.91. The highest BCUT2D eigenvalue weighted by atomic mass is 16.5. The highest BCUT2D eigenvalue weighted by molar-refractivity contribution is 5.74. The van der Waals surface area contributed by atoms with Gasteiger partial charge in [0.25, 0.3) is 0 Å². The molecule has 1 aliphatic heterocycles. The molecule has 2 aromatic rings. The zero-order valence-electron chi connectivity index (χ0n) is 13.2. The molecule has 0 aromatic carbocycles. The molecule has 2 aromatic heterocycles. The first kappa shape index (κ1) is 15.5. The number of hydrogen-bond acceptors (Lipinski definition) is 4. The van der Waals surface area contributed by atoms with Crippen molar-refractivity contribution in [1.29, 1.82) is 0 Å². The Balaban J connectivity index is 1.51. The molecule has 0 unspecified atom stereocenters. The highest BCUT2D eigenvalue weighted by Gasteiger charge is 2.29. The van der Waals surface area contributed by atoms with Gasteiger partial charge in [-0.05, 0) is 12.8 Å². The van der Waals surface area contributed by atoms with Crippen LogP contribution in [0.3, 0.4) is 0 Å². The molecule has 2 atom stereocenters. The normalized spacial score (nSPS) is 21.1. The lowest BCUT2D eigenvalue weighted by molar-refractivity contribution is -0.00745. The minimum Gasteiger partial charge on any atom is -0.371 e. The second kappa shape index (κ2) is 7.28. The molecule has 8 nitrogen and oxygen atoms in total. The largest absolute Gasteiger partial charge is 0.371 e. The molecule has 124 valence electrons. The summed E-state index contributed by atoms with van der Waals surface area (Å²) in [5, 5.41) is 10.1. The van der Waals surface area contributed by atoms with Crippen molar-refractivity contribution in [1.82, 2.24) is 30.0 Å². The summed E-state index contributed by atoms with van der Waals surface area (Å²) in [6.07, 6.45) is 10.7. The van der Waals surface area contributed by atoms with Crippen LogP contribution in [0.15, 0.2) is 31.1 Å². The van der Waals surface area contributed by atoms with Crippen molar-refractivity contribution in [3.05, 3.63) is 36.7 Å². The van der Waals surface area contributed by atoms with E-state index in [2.05, 4.69) is 20.7 Å². The third-order valence-corrected chi connectivity index (χ3v) is 3.91. The molecule has 0 spiro atoms. The molecule has 3 rings (SSSR count). The second-order valence-corrected chi connectivity index (χ2v) is 5.69. The van der Waals surface area contributed by atoms with Crippen LogP contribution in [0.2, 0.25) is 0 Å². The van der Waals surface area contributed by atoms with E-state index in [-0.39, 0.29) is 18.2 Å². The summed E-state index contributed by atoms with van der Waals surface area (Å²) in [6.45, 7) is 1.95. The summed E-state index contributed by atoms with van der Waals surface area (Å²) in [7, 11) is 1.87. The lowest BCUT2D eigenvalue weighted by Crippen LogP contribution is -2.47.